The smallest absolute Gasteiger partial charge is 0.122 e. The van der Waals surface area contributed by atoms with Crippen LogP contribution in [0.5, 0.6) is 0 Å². The van der Waals surface area contributed by atoms with Crippen molar-refractivity contribution in [2.45, 2.75) is 0 Å². The fourth-order valence-corrected chi connectivity index (χ4v) is 6.90. The Balaban J connectivity index is 1.02. The number of hydrogen-bond acceptors (Lipinski definition) is 12. The maximum atomic E-state index is 8.90. The Morgan fingerprint density at radius 3 is 1.31 bits per heavy atom. The summed E-state index contributed by atoms with van der Waals surface area (Å²) < 4.78 is 0. The highest BCUT2D eigenvalue weighted by molar-refractivity contribution is 8.27. The fourth-order valence-electron chi connectivity index (χ4n) is 5.38. The third-order valence-electron chi connectivity index (χ3n) is 8.03. The second-order valence-electron chi connectivity index (χ2n) is 11.6. The van der Waals surface area contributed by atoms with Crippen LogP contribution in [0.4, 0.5) is 0 Å². The lowest BCUT2D eigenvalue weighted by atomic mass is 10.1. The van der Waals surface area contributed by atoms with Crippen molar-refractivity contribution < 1.29 is 0 Å². The number of hydrogen-bond donors (Lipinski definition) is 2. The van der Waals surface area contributed by atoms with Gasteiger partial charge in [0.15, 0.2) is 0 Å². The lowest BCUT2D eigenvalue weighted by Crippen LogP contribution is -2.07. The molecule has 54 heavy (non-hydrogen) atoms. The lowest BCUT2D eigenvalue weighted by molar-refractivity contribution is 1.21. The molecular weight excluding hydrogens is 709 g/mol. The lowest BCUT2D eigenvalue weighted by Gasteiger charge is -2.11. The highest BCUT2D eigenvalue weighted by Crippen LogP contribution is 2.26. The van der Waals surface area contributed by atoms with Crippen LogP contribution in [-0.4, -0.2) is 64.2 Å². The first-order chi connectivity index (χ1) is 26.5. The molecule has 0 bridgehead atoms. The molecule has 0 amide bonds. The zero-order chi connectivity index (χ0) is 37.3. The van der Waals surface area contributed by atoms with E-state index in [1.165, 1.54) is 23.5 Å². The van der Waals surface area contributed by atoms with Crippen LogP contribution in [-0.2, 0) is 0 Å². The topological polar surface area (TPSA) is 150 Å². The van der Waals surface area contributed by atoms with Crippen molar-refractivity contribution in [3.63, 3.8) is 0 Å². The molecule has 0 fully saturated rings. The first-order valence-corrected chi connectivity index (χ1v) is 18.4. The Morgan fingerprint density at radius 2 is 0.815 bits per heavy atom. The molecule has 262 valence electrons. The van der Waals surface area contributed by atoms with E-state index in [-0.39, 0.29) is 5.04 Å². The van der Waals surface area contributed by atoms with E-state index >= 15 is 0 Å². The van der Waals surface area contributed by atoms with Gasteiger partial charge in [-0.2, -0.15) is 0 Å². The van der Waals surface area contributed by atoms with E-state index < -0.39 is 0 Å². The number of aromatic nitrogens is 6. The second-order valence-corrected chi connectivity index (χ2v) is 13.6. The van der Waals surface area contributed by atoms with Gasteiger partial charge in [0.05, 0.1) is 56.9 Å². The average Bonchev–Trinajstić information content (AvgIpc) is 3.25. The van der Waals surface area contributed by atoms with Gasteiger partial charge in [-0.15, -0.1) is 0 Å². The Morgan fingerprint density at radius 1 is 0.407 bits per heavy atom. The van der Waals surface area contributed by atoms with Crippen molar-refractivity contribution in [3.8, 4) is 45.6 Å². The van der Waals surface area contributed by atoms with Crippen LogP contribution in [0.3, 0.4) is 0 Å². The van der Waals surface area contributed by atoms with E-state index in [0.29, 0.717) is 43.6 Å². The molecule has 10 nitrogen and oxygen atoms in total. The van der Waals surface area contributed by atoms with Crippen molar-refractivity contribution in [1.29, 1.82) is 10.8 Å². The normalized spacial score (nSPS) is 11.7. The van der Waals surface area contributed by atoms with E-state index in [1.54, 1.807) is 26.5 Å². The van der Waals surface area contributed by atoms with E-state index in [9.17, 15) is 0 Å². The summed E-state index contributed by atoms with van der Waals surface area (Å²) in [5.41, 5.74) is 8.56. The van der Waals surface area contributed by atoms with Gasteiger partial charge in [-0.3, -0.25) is 30.8 Å². The molecule has 12 heteroatoms. The molecule has 0 radical (unpaired) electrons. The second kappa shape index (κ2) is 16.9. The molecule has 6 aromatic heterocycles. The van der Waals surface area contributed by atoms with Gasteiger partial charge in [-0.05, 0) is 96.3 Å². The van der Waals surface area contributed by atoms with Gasteiger partial charge < -0.3 is 0 Å². The van der Waals surface area contributed by atoms with Gasteiger partial charge in [0.2, 0.25) is 0 Å². The Bertz CT molecular complexity index is 2500. The summed E-state index contributed by atoms with van der Waals surface area (Å²) in [5.74, 6) is 0. The van der Waals surface area contributed by atoms with E-state index in [1.807, 2.05) is 133 Å². The summed E-state index contributed by atoms with van der Waals surface area (Å²) in [6.07, 6.45) is 3.49. The molecule has 2 N–H and O–H groups in total. The number of aliphatic imine (C=N–C) groups is 2. The number of benzene rings is 1. The van der Waals surface area contributed by atoms with Crippen LogP contribution in [0.15, 0.2) is 156 Å². The predicted octanol–water partition coefficient (Wildman–Crippen LogP) is 8.99. The van der Waals surface area contributed by atoms with Crippen LogP contribution in [0, 0.1) is 10.8 Å². The third kappa shape index (κ3) is 8.41. The molecule has 0 unspecified atom stereocenters. The predicted molar refractivity (Wildman–Crippen MR) is 222 cm³/mol. The van der Waals surface area contributed by atoms with Crippen molar-refractivity contribution in [1.82, 2.24) is 29.9 Å². The highest BCUT2D eigenvalue weighted by atomic mass is 32.2. The third-order valence-corrected chi connectivity index (χ3v) is 10.1. The van der Waals surface area contributed by atoms with Gasteiger partial charge in [0, 0.05) is 37.6 Å². The molecule has 0 aliphatic heterocycles. The summed E-state index contributed by atoms with van der Waals surface area (Å²) in [6, 6.07) is 41.8. The van der Waals surface area contributed by atoms with Crippen LogP contribution < -0.4 is 0 Å². The molecule has 1 aromatic carbocycles. The standard InChI is InChI=1S/C42H32N10S2/c1-45-41(54-40(44)37-19-9-17-35(51-37)33-15-7-13-31(49-33)29-11-3-5-25-47-29)28-23-21-27(22-24-28)39(43)53-42(46-2)38-20-10-18-36(52-38)34-16-8-14-32(50-34)30-12-4-6-26-48-30/h3-26,43-44H,1-2H3/b43-39?,44-40?,45-41-,46-42-. The van der Waals surface area contributed by atoms with Gasteiger partial charge in [0.25, 0.3) is 0 Å². The Labute approximate surface area is 321 Å². The quantitative estimate of drug-likeness (QED) is 0.116. The van der Waals surface area contributed by atoms with Crippen molar-refractivity contribution >= 4 is 43.7 Å². The summed E-state index contributed by atoms with van der Waals surface area (Å²) in [6.45, 7) is 0. The molecule has 0 spiro atoms. The SMILES string of the molecule is C/N=C(\SC(=N)c1cccc(-c2cccc(-c3ccccn3)n2)n1)c1ccc(C(=N)S/C(=N\C)c2cccc(-c3cccc(-c4ccccn4)n3)n2)cc1. The Kier molecular flexibility index (Phi) is 11.2. The zero-order valence-corrected chi connectivity index (χ0v) is 30.9. The summed E-state index contributed by atoms with van der Waals surface area (Å²) in [7, 11) is 3.40. The number of nitrogens with one attached hydrogen (secondary N) is 2. The number of pyridine rings is 6. The van der Waals surface area contributed by atoms with E-state index in [4.69, 9.17) is 30.8 Å². The fraction of sp³-hybridized carbons (Fsp3) is 0.0476. The van der Waals surface area contributed by atoms with Crippen LogP contribution >= 0.6 is 23.5 Å². The molecule has 0 aliphatic rings. The monoisotopic (exact) mass is 740 g/mol. The maximum absolute atomic E-state index is 8.90. The van der Waals surface area contributed by atoms with Gasteiger partial charge in [-0.25, -0.2) is 19.9 Å². The van der Waals surface area contributed by atoms with E-state index in [0.717, 1.165) is 39.6 Å². The van der Waals surface area contributed by atoms with Gasteiger partial charge in [-0.1, -0.05) is 60.7 Å². The minimum atomic E-state index is 0.253. The van der Waals surface area contributed by atoms with Crippen LogP contribution in [0.1, 0.15) is 22.5 Å². The molecular formula is C42H32N10S2. The average molecular weight is 741 g/mol. The molecule has 7 rings (SSSR count). The van der Waals surface area contributed by atoms with Crippen molar-refractivity contribution in [2.24, 2.45) is 9.98 Å². The molecule has 7 aromatic rings. The summed E-state index contributed by atoms with van der Waals surface area (Å²) >= 11 is 2.46. The first-order valence-electron chi connectivity index (χ1n) is 16.8. The number of thioether (sulfide) groups is 2. The van der Waals surface area contributed by atoms with Crippen LogP contribution in [0.2, 0.25) is 0 Å². The van der Waals surface area contributed by atoms with Crippen LogP contribution in [0.25, 0.3) is 45.6 Å². The molecule has 0 atom stereocenters. The number of nitrogens with zero attached hydrogens (tertiary/aromatic N) is 8. The minimum Gasteiger partial charge on any atom is -0.293 e. The Hall–Kier alpha value is -6.50. The minimum absolute atomic E-state index is 0.253. The van der Waals surface area contributed by atoms with Crippen molar-refractivity contribution in [3.05, 3.63) is 168 Å². The van der Waals surface area contributed by atoms with E-state index in [2.05, 4.69) is 20.0 Å². The molecule has 0 aliphatic carbocycles. The highest BCUT2D eigenvalue weighted by Gasteiger charge is 2.16. The van der Waals surface area contributed by atoms with Gasteiger partial charge >= 0.3 is 0 Å². The van der Waals surface area contributed by atoms with Crippen molar-refractivity contribution in [2.75, 3.05) is 14.1 Å². The zero-order valence-electron chi connectivity index (χ0n) is 29.3. The summed E-state index contributed by atoms with van der Waals surface area (Å²) in [4.78, 5) is 37.0. The maximum Gasteiger partial charge on any atom is 0.122 e. The molecule has 6 heterocycles. The first kappa shape index (κ1) is 35.9. The summed E-state index contributed by atoms with van der Waals surface area (Å²) in [5, 5.41) is 19.6. The largest absolute Gasteiger partial charge is 0.293 e. The molecule has 0 saturated heterocycles. The molecule has 0 saturated carbocycles. The number of rotatable bonds is 8. The van der Waals surface area contributed by atoms with Gasteiger partial charge in [0.1, 0.15) is 20.2 Å².